The molecule has 188 valence electrons. The van der Waals surface area contributed by atoms with Gasteiger partial charge in [0, 0.05) is 6.54 Å². The Balaban J connectivity index is 1.74. The highest BCUT2D eigenvalue weighted by Gasteiger charge is 2.25. The maximum absolute atomic E-state index is 12.5. The monoisotopic (exact) mass is 487 g/mol. The Bertz CT molecular complexity index is 956. The van der Waals surface area contributed by atoms with E-state index in [-0.39, 0.29) is 6.42 Å². The lowest BCUT2D eigenvalue weighted by atomic mass is 10.1. The minimum atomic E-state index is -1.02. The van der Waals surface area contributed by atoms with Gasteiger partial charge in [-0.25, -0.2) is 19.2 Å². The number of ether oxygens (including phenoxy) is 4. The fraction of sp³-hybridized carbons (Fsp3) is 0.333. The lowest BCUT2D eigenvalue weighted by Crippen LogP contribution is -2.46. The molecule has 0 aliphatic rings. The topological polar surface area (TPSA) is 141 Å². The number of carbonyl (C=O) groups excluding carboxylic acids is 4. The van der Waals surface area contributed by atoms with Crippen LogP contribution >= 0.6 is 0 Å². The van der Waals surface area contributed by atoms with Crippen LogP contribution in [0.3, 0.4) is 0 Å². The fourth-order valence-corrected chi connectivity index (χ4v) is 2.82. The zero-order chi connectivity index (χ0) is 25.5. The van der Waals surface area contributed by atoms with Gasteiger partial charge in [-0.2, -0.15) is 0 Å². The number of esters is 1. The van der Waals surface area contributed by atoms with E-state index in [2.05, 4.69) is 20.7 Å². The molecule has 0 spiro atoms. The number of unbranched alkanes of at least 4 members (excludes halogenated alkanes) is 1. The SMILES string of the molecule is COC(=O)NC(CCCCNC(=O)Oc1ccccc1)C(=O)OC(C)NC(=O)Oc1ccccc1. The van der Waals surface area contributed by atoms with E-state index >= 15 is 0 Å². The van der Waals surface area contributed by atoms with Crippen LogP contribution in [-0.2, 0) is 14.3 Å². The van der Waals surface area contributed by atoms with Crippen LogP contribution in [0.25, 0.3) is 0 Å². The van der Waals surface area contributed by atoms with Crippen LogP contribution in [0.4, 0.5) is 14.4 Å². The number of benzene rings is 2. The molecule has 0 fully saturated rings. The lowest BCUT2D eigenvalue weighted by Gasteiger charge is -2.20. The van der Waals surface area contributed by atoms with Gasteiger partial charge in [0.1, 0.15) is 17.5 Å². The van der Waals surface area contributed by atoms with Crippen molar-refractivity contribution in [1.29, 1.82) is 0 Å². The van der Waals surface area contributed by atoms with Crippen molar-refractivity contribution >= 4 is 24.2 Å². The Morgan fingerprint density at radius 3 is 1.91 bits per heavy atom. The second-order valence-electron chi connectivity index (χ2n) is 7.24. The van der Waals surface area contributed by atoms with E-state index in [0.29, 0.717) is 30.9 Å². The van der Waals surface area contributed by atoms with Crippen molar-refractivity contribution in [3.05, 3.63) is 60.7 Å². The summed E-state index contributed by atoms with van der Waals surface area (Å²) in [7, 11) is 1.17. The van der Waals surface area contributed by atoms with Crippen LogP contribution in [0.5, 0.6) is 11.5 Å². The molecule has 0 bridgehead atoms. The van der Waals surface area contributed by atoms with Gasteiger partial charge in [-0.3, -0.25) is 5.32 Å². The molecule has 3 amide bonds. The average Bonchev–Trinajstić information content (AvgIpc) is 2.83. The first-order valence-electron chi connectivity index (χ1n) is 11.0. The van der Waals surface area contributed by atoms with Gasteiger partial charge in [0.05, 0.1) is 7.11 Å². The van der Waals surface area contributed by atoms with Crippen LogP contribution in [0.2, 0.25) is 0 Å². The minimum absolute atomic E-state index is 0.213. The number of rotatable bonds is 11. The van der Waals surface area contributed by atoms with E-state index in [9.17, 15) is 19.2 Å². The van der Waals surface area contributed by atoms with E-state index in [1.807, 2.05) is 6.07 Å². The van der Waals surface area contributed by atoms with Crippen LogP contribution < -0.4 is 25.4 Å². The molecule has 0 radical (unpaired) electrons. The fourth-order valence-electron chi connectivity index (χ4n) is 2.82. The Morgan fingerprint density at radius 2 is 1.34 bits per heavy atom. The van der Waals surface area contributed by atoms with Gasteiger partial charge in [-0.15, -0.1) is 0 Å². The van der Waals surface area contributed by atoms with Gasteiger partial charge in [-0.05, 0) is 50.5 Å². The van der Waals surface area contributed by atoms with Crippen molar-refractivity contribution in [1.82, 2.24) is 16.0 Å². The molecule has 0 saturated heterocycles. The maximum atomic E-state index is 12.5. The molecule has 11 nitrogen and oxygen atoms in total. The maximum Gasteiger partial charge on any atom is 0.415 e. The number of para-hydroxylation sites is 2. The summed E-state index contributed by atoms with van der Waals surface area (Å²) in [4.78, 5) is 47.9. The van der Waals surface area contributed by atoms with Crippen molar-refractivity contribution < 1.29 is 38.1 Å². The lowest BCUT2D eigenvalue weighted by molar-refractivity contribution is -0.151. The largest absolute Gasteiger partial charge is 0.453 e. The van der Waals surface area contributed by atoms with Crippen molar-refractivity contribution in [3.8, 4) is 11.5 Å². The second kappa shape index (κ2) is 14.8. The van der Waals surface area contributed by atoms with Crippen LogP contribution in [0, 0.1) is 0 Å². The molecular formula is C24H29N3O8. The third-order valence-electron chi connectivity index (χ3n) is 4.47. The smallest absolute Gasteiger partial charge is 0.415 e. The highest BCUT2D eigenvalue weighted by atomic mass is 16.6. The number of alkyl carbamates (subject to hydrolysis) is 1. The first-order chi connectivity index (χ1) is 16.9. The third-order valence-corrected chi connectivity index (χ3v) is 4.47. The highest BCUT2D eigenvalue weighted by Crippen LogP contribution is 2.10. The number of methoxy groups -OCH3 is 1. The van der Waals surface area contributed by atoms with E-state index in [1.165, 1.54) is 14.0 Å². The predicted molar refractivity (Wildman–Crippen MR) is 125 cm³/mol. The van der Waals surface area contributed by atoms with Gasteiger partial charge in [0.25, 0.3) is 0 Å². The zero-order valence-electron chi connectivity index (χ0n) is 19.5. The zero-order valence-corrected chi connectivity index (χ0v) is 19.5. The number of hydrogen-bond donors (Lipinski definition) is 3. The molecule has 35 heavy (non-hydrogen) atoms. The van der Waals surface area contributed by atoms with Gasteiger partial charge in [0.15, 0.2) is 6.23 Å². The summed E-state index contributed by atoms with van der Waals surface area (Å²) >= 11 is 0. The van der Waals surface area contributed by atoms with E-state index in [4.69, 9.17) is 14.2 Å². The van der Waals surface area contributed by atoms with Gasteiger partial charge < -0.3 is 29.6 Å². The van der Waals surface area contributed by atoms with E-state index in [0.717, 1.165) is 0 Å². The van der Waals surface area contributed by atoms with Crippen molar-refractivity contribution in [3.63, 3.8) is 0 Å². The molecule has 2 aromatic rings. The Kier molecular flexibility index (Phi) is 11.4. The third kappa shape index (κ3) is 10.9. The van der Waals surface area contributed by atoms with E-state index < -0.39 is 36.5 Å². The molecule has 2 aromatic carbocycles. The van der Waals surface area contributed by atoms with Crippen molar-refractivity contribution in [2.75, 3.05) is 13.7 Å². The Morgan fingerprint density at radius 1 is 0.771 bits per heavy atom. The van der Waals surface area contributed by atoms with Gasteiger partial charge >= 0.3 is 24.2 Å². The normalized spacial score (nSPS) is 11.8. The first-order valence-corrected chi connectivity index (χ1v) is 11.0. The second-order valence-corrected chi connectivity index (χ2v) is 7.24. The Hall–Kier alpha value is -4.28. The molecule has 11 heteroatoms. The average molecular weight is 488 g/mol. The van der Waals surface area contributed by atoms with Gasteiger partial charge in [-0.1, -0.05) is 36.4 Å². The first kappa shape index (κ1) is 27.0. The number of nitrogens with one attached hydrogen (secondary N) is 3. The highest BCUT2D eigenvalue weighted by molar-refractivity contribution is 5.81. The summed E-state index contributed by atoms with van der Waals surface area (Å²) < 4.78 is 20.0. The molecular weight excluding hydrogens is 458 g/mol. The number of carbonyl (C=O) groups is 4. The summed E-state index contributed by atoms with van der Waals surface area (Å²) in [5.74, 6) is -0.0140. The molecule has 3 N–H and O–H groups in total. The number of hydrogen-bond acceptors (Lipinski definition) is 8. The van der Waals surface area contributed by atoms with Crippen LogP contribution in [-0.4, -0.2) is 50.2 Å². The summed E-state index contributed by atoms with van der Waals surface area (Å²) in [6.45, 7) is 1.75. The molecule has 2 rings (SSSR count). The molecule has 0 aliphatic heterocycles. The number of amides is 3. The molecule has 0 heterocycles. The summed E-state index contributed by atoms with van der Waals surface area (Å²) in [5, 5.41) is 7.40. The molecule has 0 saturated carbocycles. The summed E-state index contributed by atoms with van der Waals surface area (Å²) in [5.41, 5.74) is 0. The van der Waals surface area contributed by atoms with E-state index in [1.54, 1.807) is 54.6 Å². The molecule has 0 aliphatic carbocycles. The molecule has 2 atom stereocenters. The van der Waals surface area contributed by atoms with Crippen LogP contribution in [0.15, 0.2) is 60.7 Å². The minimum Gasteiger partial charge on any atom is -0.453 e. The van der Waals surface area contributed by atoms with Crippen molar-refractivity contribution in [2.24, 2.45) is 0 Å². The quantitative estimate of drug-likeness (QED) is 0.249. The molecule has 0 aromatic heterocycles. The van der Waals surface area contributed by atoms with Gasteiger partial charge in [0.2, 0.25) is 0 Å². The summed E-state index contributed by atoms with van der Waals surface area (Å²) in [6.07, 6.45) is -2.04. The molecule has 2 unspecified atom stereocenters. The standard InChI is InChI=1S/C24H29N3O8/c1-17(26-24(31)35-19-13-7-4-8-14-19)33-21(28)20(27-23(30)32-2)15-9-10-16-25-22(29)34-18-11-5-3-6-12-18/h3-8,11-14,17,20H,9-10,15-16H2,1-2H3,(H,25,29)(H,26,31)(H,27,30). The van der Waals surface area contributed by atoms with Crippen molar-refractivity contribution in [2.45, 2.75) is 38.5 Å². The predicted octanol–water partition coefficient (Wildman–Crippen LogP) is 3.35. The van der Waals surface area contributed by atoms with Crippen LogP contribution in [0.1, 0.15) is 26.2 Å². The Labute approximate surface area is 203 Å². The summed E-state index contributed by atoms with van der Waals surface area (Å²) in [6, 6.07) is 16.0.